The van der Waals surface area contributed by atoms with Crippen LogP contribution in [-0.4, -0.2) is 15.1 Å². The van der Waals surface area contributed by atoms with Crippen LogP contribution < -0.4 is 5.32 Å². The minimum atomic E-state index is 0.191. The Morgan fingerprint density at radius 2 is 1.84 bits per heavy atom. The van der Waals surface area contributed by atoms with Crippen LogP contribution in [0.15, 0.2) is 42.7 Å². The van der Waals surface area contributed by atoms with Crippen molar-refractivity contribution in [3.8, 4) is 5.69 Å². The molecule has 1 aliphatic rings. The maximum atomic E-state index is 4.48. The first-order valence-electron chi connectivity index (χ1n) is 7.14. The van der Waals surface area contributed by atoms with E-state index >= 15 is 0 Å². The van der Waals surface area contributed by atoms with Crippen LogP contribution in [0.4, 0.5) is 5.95 Å². The molecule has 0 spiro atoms. The van der Waals surface area contributed by atoms with Crippen molar-refractivity contribution in [1.82, 2.24) is 9.55 Å². The van der Waals surface area contributed by atoms with Crippen molar-refractivity contribution in [1.29, 1.82) is 0 Å². The van der Waals surface area contributed by atoms with E-state index in [1.54, 1.807) is 0 Å². The first kappa shape index (κ1) is 12.3. The molecule has 1 fully saturated rings. The van der Waals surface area contributed by atoms with Crippen LogP contribution in [0.25, 0.3) is 5.69 Å². The zero-order valence-corrected chi connectivity index (χ0v) is 11.5. The lowest BCUT2D eigenvalue weighted by Gasteiger charge is -2.35. The molecule has 0 amide bonds. The Balaban J connectivity index is 1.84. The number of imidazole rings is 1. The van der Waals surface area contributed by atoms with Gasteiger partial charge in [-0.05, 0) is 31.9 Å². The van der Waals surface area contributed by atoms with E-state index in [1.807, 2.05) is 18.5 Å². The summed E-state index contributed by atoms with van der Waals surface area (Å²) < 4.78 is 2.12. The molecule has 2 aromatic rings. The van der Waals surface area contributed by atoms with Gasteiger partial charge in [0.2, 0.25) is 5.95 Å². The number of benzene rings is 1. The number of nitrogens with one attached hydrogen (secondary N) is 1. The molecule has 1 saturated carbocycles. The number of aromatic nitrogens is 2. The molecule has 1 N–H and O–H groups in total. The minimum Gasteiger partial charge on any atom is -0.350 e. The molecule has 3 heteroatoms. The highest BCUT2D eigenvalue weighted by molar-refractivity contribution is 5.43. The number of hydrogen-bond acceptors (Lipinski definition) is 2. The fourth-order valence-corrected chi connectivity index (χ4v) is 2.92. The molecule has 3 rings (SSSR count). The average molecular weight is 255 g/mol. The van der Waals surface area contributed by atoms with Gasteiger partial charge in [-0.15, -0.1) is 0 Å². The van der Waals surface area contributed by atoms with E-state index in [2.05, 4.69) is 46.1 Å². The van der Waals surface area contributed by atoms with Crippen molar-refractivity contribution in [2.24, 2.45) is 0 Å². The summed E-state index contributed by atoms with van der Waals surface area (Å²) in [6.45, 7) is 2.32. The van der Waals surface area contributed by atoms with Gasteiger partial charge >= 0.3 is 0 Å². The van der Waals surface area contributed by atoms with Crippen molar-refractivity contribution in [2.75, 3.05) is 5.32 Å². The van der Waals surface area contributed by atoms with Crippen molar-refractivity contribution in [3.05, 3.63) is 42.7 Å². The minimum absolute atomic E-state index is 0.191. The van der Waals surface area contributed by atoms with Gasteiger partial charge in [-0.1, -0.05) is 37.5 Å². The molecule has 100 valence electrons. The molecule has 1 aliphatic carbocycles. The molecule has 3 nitrogen and oxygen atoms in total. The van der Waals surface area contributed by atoms with Crippen LogP contribution in [0.3, 0.4) is 0 Å². The number of anilines is 1. The van der Waals surface area contributed by atoms with E-state index in [0.29, 0.717) is 0 Å². The fraction of sp³-hybridized carbons (Fsp3) is 0.438. The second kappa shape index (κ2) is 5.08. The summed E-state index contributed by atoms with van der Waals surface area (Å²) in [5, 5.41) is 3.66. The molecule has 0 saturated heterocycles. The highest BCUT2D eigenvalue weighted by Crippen LogP contribution is 2.31. The highest BCUT2D eigenvalue weighted by Gasteiger charge is 2.27. The quantitative estimate of drug-likeness (QED) is 0.898. The second-order valence-corrected chi connectivity index (χ2v) is 5.70. The summed E-state index contributed by atoms with van der Waals surface area (Å²) in [6, 6.07) is 10.4. The Morgan fingerprint density at radius 1 is 1.11 bits per heavy atom. The number of rotatable bonds is 3. The lowest BCUT2D eigenvalue weighted by atomic mass is 9.83. The van der Waals surface area contributed by atoms with Crippen LogP contribution in [-0.2, 0) is 0 Å². The summed E-state index contributed by atoms with van der Waals surface area (Å²) in [5.41, 5.74) is 1.35. The van der Waals surface area contributed by atoms with Crippen LogP contribution in [0.1, 0.15) is 39.0 Å². The Hall–Kier alpha value is -1.77. The normalized spacial score (nSPS) is 18.2. The van der Waals surface area contributed by atoms with E-state index < -0.39 is 0 Å². The summed E-state index contributed by atoms with van der Waals surface area (Å²) in [5.74, 6) is 0.954. The predicted octanol–water partition coefficient (Wildman–Crippen LogP) is 4.01. The first-order chi connectivity index (χ1) is 9.27. The van der Waals surface area contributed by atoms with Gasteiger partial charge in [0.15, 0.2) is 0 Å². The monoisotopic (exact) mass is 255 g/mol. The molecule has 1 aromatic heterocycles. The Labute approximate surface area is 114 Å². The molecule has 1 heterocycles. The fourth-order valence-electron chi connectivity index (χ4n) is 2.92. The maximum Gasteiger partial charge on any atom is 0.207 e. The second-order valence-electron chi connectivity index (χ2n) is 5.70. The van der Waals surface area contributed by atoms with Gasteiger partial charge in [-0.2, -0.15) is 0 Å². The third-order valence-electron chi connectivity index (χ3n) is 4.05. The van der Waals surface area contributed by atoms with Gasteiger partial charge in [0, 0.05) is 23.6 Å². The zero-order valence-electron chi connectivity index (χ0n) is 11.5. The topological polar surface area (TPSA) is 29.9 Å². The summed E-state index contributed by atoms with van der Waals surface area (Å²) >= 11 is 0. The van der Waals surface area contributed by atoms with Gasteiger partial charge < -0.3 is 5.32 Å². The first-order valence-corrected chi connectivity index (χ1v) is 7.14. The van der Waals surface area contributed by atoms with E-state index in [1.165, 1.54) is 32.1 Å². The largest absolute Gasteiger partial charge is 0.350 e. The van der Waals surface area contributed by atoms with Gasteiger partial charge in [-0.25, -0.2) is 4.98 Å². The third-order valence-corrected chi connectivity index (χ3v) is 4.05. The van der Waals surface area contributed by atoms with Crippen LogP contribution in [0, 0.1) is 0 Å². The molecule has 1 aromatic carbocycles. The van der Waals surface area contributed by atoms with E-state index in [4.69, 9.17) is 0 Å². The lowest BCUT2D eigenvalue weighted by Crippen LogP contribution is -2.37. The maximum absolute atomic E-state index is 4.48. The summed E-state index contributed by atoms with van der Waals surface area (Å²) in [4.78, 5) is 4.48. The van der Waals surface area contributed by atoms with Crippen molar-refractivity contribution < 1.29 is 0 Å². The molecule has 0 atom stereocenters. The van der Waals surface area contributed by atoms with Crippen LogP contribution >= 0.6 is 0 Å². The van der Waals surface area contributed by atoms with Crippen molar-refractivity contribution in [2.45, 2.75) is 44.6 Å². The molecule has 0 aliphatic heterocycles. The smallest absolute Gasteiger partial charge is 0.207 e. The van der Waals surface area contributed by atoms with E-state index in [9.17, 15) is 0 Å². The Bertz CT molecular complexity index is 524. The van der Waals surface area contributed by atoms with Crippen LogP contribution in [0.2, 0.25) is 0 Å². The van der Waals surface area contributed by atoms with Crippen molar-refractivity contribution >= 4 is 5.95 Å². The van der Waals surface area contributed by atoms with E-state index in [0.717, 1.165) is 11.6 Å². The lowest BCUT2D eigenvalue weighted by molar-refractivity contribution is 0.347. The Morgan fingerprint density at radius 3 is 2.58 bits per heavy atom. The van der Waals surface area contributed by atoms with Crippen molar-refractivity contribution in [3.63, 3.8) is 0 Å². The van der Waals surface area contributed by atoms with E-state index in [-0.39, 0.29) is 5.54 Å². The zero-order chi connectivity index (χ0) is 13.1. The van der Waals surface area contributed by atoms with Gasteiger partial charge in [0.05, 0.1) is 0 Å². The van der Waals surface area contributed by atoms with Gasteiger partial charge in [0.1, 0.15) is 0 Å². The molecule has 0 radical (unpaired) electrons. The Kier molecular flexibility index (Phi) is 3.28. The molecule has 0 bridgehead atoms. The molecular weight excluding hydrogens is 234 g/mol. The summed E-state index contributed by atoms with van der Waals surface area (Å²) in [7, 11) is 0. The average Bonchev–Trinajstić information content (AvgIpc) is 2.88. The molecular formula is C16H21N3. The van der Waals surface area contributed by atoms with Crippen LogP contribution in [0.5, 0.6) is 0 Å². The SMILES string of the molecule is CC1(Nc2nccn2-c2ccccc2)CCCCC1. The number of nitrogens with zero attached hydrogens (tertiary/aromatic N) is 2. The number of hydrogen-bond donors (Lipinski definition) is 1. The highest BCUT2D eigenvalue weighted by atomic mass is 15.2. The number of para-hydroxylation sites is 1. The predicted molar refractivity (Wildman–Crippen MR) is 78.7 cm³/mol. The third kappa shape index (κ3) is 2.65. The van der Waals surface area contributed by atoms with Gasteiger partial charge in [-0.3, -0.25) is 4.57 Å². The van der Waals surface area contributed by atoms with Gasteiger partial charge in [0.25, 0.3) is 0 Å². The standard InChI is InChI=1S/C16H21N3/c1-16(10-6-3-7-11-16)18-15-17-12-13-19(15)14-8-4-2-5-9-14/h2,4-5,8-9,12-13H,3,6-7,10-11H2,1H3,(H,17,18). The molecule has 0 unspecified atom stereocenters. The summed E-state index contributed by atoms with van der Waals surface area (Å²) in [6.07, 6.45) is 10.3. The molecule has 19 heavy (non-hydrogen) atoms.